The van der Waals surface area contributed by atoms with Crippen LogP contribution in [0.5, 0.6) is 0 Å². The van der Waals surface area contributed by atoms with E-state index < -0.39 is 109 Å². The molecule has 0 spiro atoms. The highest BCUT2D eigenvalue weighted by Gasteiger charge is 2.46. The number of ether oxygens (including phenoxy) is 7. The van der Waals surface area contributed by atoms with E-state index in [4.69, 9.17) is 43.9 Å². The van der Waals surface area contributed by atoms with Crippen LogP contribution in [0.4, 0.5) is 25.4 Å². The number of aliphatic hydroxyl groups is 1. The molecule has 0 bridgehead atoms. The number of carbonyl (C=O) groups is 10. The molecule has 112 heavy (non-hydrogen) atoms. The van der Waals surface area contributed by atoms with Crippen molar-refractivity contribution in [2.45, 2.75) is 142 Å². The van der Waals surface area contributed by atoms with Gasteiger partial charge in [0.25, 0.3) is 5.56 Å². The molecular formula is C80H99FN12O19. The van der Waals surface area contributed by atoms with E-state index in [2.05, 4.69) is 49.1 Å². The van der Waals surface area contributed by atoms with E-state index in [1.807, 2.05) is 55.5 Å². The third kappa shape index (κ3) is 22.6. The van der Waals surface area contributed by atoms with Gasteiger partial charge >= 0.3 is 18.1 Å². The summed E-state index contributed by atoms with van der Waals surface area (Å²) in [4.78, 5) is 151. The third-order valence-electron chi connectivity index (χ3n) is 19.5. The number of fused-ring (bicyclic) bond motifs is 5. The van der Waals surface area contributed by atoms with E-state index in [9.17, 15) is 57.8 Å². The lowest BCUT2D eigenvalue weighted by atomic mass is 9.81. The summed E-state index contributed by atoms with van der Waals surface area (Å²) in [6, 6.07) is 21.1. The maximum Gasteiger partial charge on any atom is 0.407 e. The SMILES string of the molecule is C=Cc1ccccc1CN(C(=O)CCC(=O)NCCOCCOCCOCCOCCC(=O)N[C@H](C(=O)N[C@@H](CCCNC(N)=O)C(=O)Nc1ccc(COC(=O)NCC(=O)NCOCC(=O)N[C@H]2CCc3c(C)c(F)cc4nc5c(c2c34)Cn2c-5cc3c(c2=O)COC(=O)[C@]3(O)CC)cc1)C(C)C)c1ccccc1CC. The van der Waals surface area contributed by atoms with E-state index in [1.54, 1.807) is 56.9 Å². The van der Waals surface area contributed by atoms with Gasteiger partial charge in [0, 0.05) is 66.3 Å². The second-order valence-electron chi connectivity index (χ2n) is 27.4. The predicted octanol–water partition coefficient (Wildman–Crippen LogP) is 5.45. The van der Waals surface area contributed by atoms with Crippen molar-refractivity contribution >= 4 is 87.8 Å². The molecule has 4 atom stereocenters. The number of halogens is 1. The van der Waals surface area contributed by atoms with Crippen LogP contribution in [-0.2, 0) is 116 Å². The number of anilines is 2. The largest absolute Gasteiger partial charge is 0.458 e. The Hall–Kier alpha value is -11.0. The number of benzene rings is 4. The molecule has 32 heteroatoms. The van der Waals surface area contributed by atoms with Crippen molar-refractivity contribution in [2.24, 2.45) is 11.7 Å². The Morgan fingerprint density at radius 2 is 1.46 bits per heavy atom. The number of cyclic esters (lactones) is 1. The van der Waals surface area contributed by atoms with Crippen LogP contribution in [0.25, 0.3) is 28.4 Å². The number of para-hydroxylation sites is 1. The van der Waals surface area contributed by atoms with E-state index in [1.165, 1.54) is 22.8 Å². The topological polar surface area (TPSA) is 416 Å². The second kappa shape index (κ2) is 41.3. The van der Waals surface area contributed by atoms with Gasteiger partial charge in [-0.15, -0.1) is 0 Å². The van der Waals surface area contributed by atoms with Crippen molar-refractivity contribution in [3.05, 3.63) is 163 Å². The fraction of sp³-hybridized carbons (Fsp3) is 0.450. The van der Waals surface area contributed by atoms with Crippen LogP contribution in [0.15, 0.2) is 96.3 Å². The van der Waals surface area contributed by atoms with E-state index in [0.29, 0.717) is 76.2 Å². The van der Waals surface area contributed by atoms with Gasteiger partial charge in [-0.05, 0) is 115 Å². The van der Waals surface area contributed by atoms with Crippen molar-refractivity contribution in [3.63, 3.8) is 0 Å². The maximum absolute atomic E-state index is 15.4. The molecule has 3 aliphatic rings. The Bertz CT molecular complexity index is 4480. The highest BCUT2D eigenvalue weighted by Crippen LogP contribution is 2.46. The Labute approximate surface area is 647 Å². The summed E-state index contributed by atoms with van der Waals surface area (Å²) >= 11 is 0. The lowest BCUT2D eigenvalue weighted by molar-refractivity contribution is -0.172. The van der Waals surface area contributed by atoms with Gasteiger partial charge in [-0.1, -0.05) is 94.9 Å². The summed E-state index contributed by atoms with van der Waals surface area (Å²) in [6.07, 6.45) is 2.56. The molecule has 600 valence electrons. The monoisotopic (exact) mass is 1550 g/mol. The summed E-state index contributed by atoms with van der Waals surface area (Å²) in [6.45, 7) is 13.3. The predicted molar refractivity (Wildman–Crippen MR) is 410 cm³/mol. The molecule has 10 amide bonds. The summed E-state index contributed by atoms with van der Waals surface area (Å²) in [5, 5.41) is 33.3. The summed E-state index contributed by atoms with van der Waals surface area (Å²) in [5.74, 6) is -5.09. The number of pyridine rings is 2. The fourth-order valence-corrected chi connectivity index (χ4v) is 13.4. The van der Waals surface area contributed by atoms with E-state index in [0.717, 1.165) is 34.4 Å². The first-order chi connectivity index (χ1) is 53.9. The average Bonchev–Trinajstić information content (AvgIpc) is 1.51. The van der Waals surface area contributed by atoms with Gasteiger partial charge in [0.2, 0.25) is 41.4 Å². The van der Waals surface area contributed by atoms with Crippen LogP contribution >= 0.6 is 0 Å². The number of nitrogens with two attached hydrogens (primary N) is 1. The van der Waals surface area contributed by atoms with Gasteiger partial charge in [-0.25, -0.2) is 23.8 Å². The van der Waals surface area contributed by atoms with Gasteiger partial charge in [0.1, 0.15) is 51.0 Å². The van der Waals surface area contributed by atoms with Crippen molar-refractivity contribution < 1.29 is 90.6 Å². The minimum absolute atomic E-state index is 0.0225. The van der Waals surface area contributed by atoms with Gasteiger partial charge in [0.15, 0.2) is 5.60 Å². The average molecular weight is 1550 g/mol. The maximum atomic E-state index is 15.4. The highest BCUT2D eigenvalue weighted by molar-refractivity contribution is 5.99. The normalized spacial score (nSPS) is 15.0. The number of alkyl carbamates (subject to hydrolysis) is 1. The first kappa shape index (κ1) is 85.0. The molecule has 0 saturated heterocycles. The van der Waals surface area contributed by atoms with Crippen LogP contribution in [0.3, 0.4) is 0 Å². The fourth-order valence-electron chi connectivity index (χ4n) is 13.4. The minimum Gasteiger partial charge on any atom is -0.458 e. The van der Waals surface area contributed by atoms with E-state index >= 15 is 4.39 Å². The Balaban J connectivity index is 0.621. The zero-order chi connectivity index (χ0) is 80.4. The molecule has 2 aliphatic heterocycles. The molecule has 4 heterocycles. The number of carbonyl (C=O) groups excluding carboxylic acids is 10. The lowest BCUT2D eigenvalue weighted by Crippen LogP contribution is -2.54. The van der Waals surface area contributed by atoms with Gasteiger partial charge in [0.05, 0.1) is 94.5 Å². The number of nitrogens with zero attached hydrogens (tertiary/aromatic N) is 3. The number of hydrogen-bond donors (Lipinski definition) is 10. The molecule has 0 saturated carbocycles. The minimum atomic E-state index is -2.06. The number of primary amides is 1. The molecule has 0 fully saturated rings. The van der Waals surface area contributed by atoms with Crippen molar-refractivity contribution in [3.8, 4) is 11.4 Å². The van der Waals surface area contributed by atoms with Crippen molar-refractivity contribution in [1.29, 1.82) is 0 Å². The zero-order valence-corrected chi connectivity index (χ0v) is 63.7. The second-order valence-corrected chi connectivity index (χ2v) is 27.4. The first-order valence-electron chi connectivity index (χ1n) is 37.5. The Morgan fingerprint density at radius 1 is 0.768 bits per heavy atom. The standard InChI is InChI=1S/C80H99FN12O19/c1-7-51-15-10-11-17-53(51)42-92(63-19-13-12-16-52(63)8-2)69(98)27-26-65(94)83-30-32-107-34-36-109-38-37-108-35-33-106-31-28-66(95)91-72(48(4)5)75(100)90-61(18-14-29-84-78(82)103)74(99)87-54-22-20-50(21-23-54)44-112-79(104)85-41-67(96)86-47-110-46-68(97)88-60-25-24-55-49(6)59(81)40-62-70(55)71(60)56-43-93-64(73(56)89-62)39-58-57(76(93)101)45-111-77(102)80(58,105)9-3/h7,10-13,15-17,19-23,39-40,48,60-61,72,105H,1,8-9,14,18,24-38,41-47H2,2-6H3,(H,83,94)(H,85,104)(H,86,96)(H,87,99)(H,88,97)(H,90,100)(H,91,95)(H3,82,84,103)/t60-,61-,72-,80-/m0/s1. The number of urea groups is 1. The number of rotatable bonds is 43. The highest BCUT2D eigenvalue weighted by atomic mass is 19.1. The van der Waals surface area contributed by atoms with Crippen LogP contribution in [0.1, 0.15) is 134 Å². The Morgan fingerprint density at radius 3 is 2.16 bits per heavy atom. The lowest BCUT2D eigenvalue weighted by Gasteiger charge is -2.31. The zero-order valence-electron chi connectivity index (χ0n) is 63.7. The molecule has 4 aromatic carbocycles. The van der Waals surface area contributed by atoms with E-state index in [-0.39, 0.29) is 141 Å². The summed E-state index contributed by atoms with van der Waals surface area (Å²) in [7, 11) is 0. The van der Waals surface area contributed by atoms with Crippen LogP contribution in [0, 0.1) is 18.7 Å². The molecule has 0 unspecified atom stereocenters. The summed E-state index contributed by atoms with van der Waals surface area (Å²) < 4.78 is 55.2. The molecular weight excluding hydrogens is 1450 g/mol. The number of nitrogens with one attached hydrogen (secondary N) is 8. The van der Waals surface area contributed by atoms with Gasteiger partial charge in [-0.3, -0.25) is 38.4 Å². The van der Waals surface area contributed by atoms with Crippen molar-refractivity contribution in [1.82, 2.24) is 46.8 Å². The van der Waals surface area contributed by atoms with Crippen LogP contribution in [-0.4, -0.2) is 172 Å². The number of amides is 10. The van der Waals surface area contributed by atoms with Gasteiger partial charge < -0.3 is 96.0 Å². The summed E-state index contributed by atoms with van der Waals surface area (Å²) in [5.41, 5.74) is 10.9. The number of aryl methyl sites for hydroxylation is 2. The number of hydrogen-bond acceptors (Lipinski definition) is 20. The molecule has 9 rings (SSSR count). The molecule has 6 aromatic rings. The van der Waals surface area contributed by atoms with Gasteiger partial charge in [-0.2, -0.15) is 0 Å². The first-order valence-corrected chi connectivity index (χ1v) is 37.5. The number of aromatic nitrogens is 2. The third-order valence-corrected chi connectivity index (χ3v) is 19.5. The quantitative estimate of drug-likeness (QED) is 0.0129. The smallest absolute Gasteiger partial charge is 0.407 e. The number of esters is 1. The van der Waals surface area contributed by atoms with Crippen LogP contribution in [0.2, 0.25) is 0 Å². The van der Waals surface area contributed by atoms with Crippen LogP contribution < -0.4 is 58.7 Å². The van der Waals surface area contributed by atoms with Crippen molar-refractivity contribution in [2.75, 3.05) is 96.0 Å². The molecule has 2 aromatic heterocycles. The molecule has 0 radical (unpaired) electrons. The molecule has 31 nitrogen and oxygen atoms in total. The molecule has 1 aliphatic carbocycles. The Kier molecular flexibility index (Phi) is 31.3. The molecule has 11 N–H and O–H groups in total.